The van der Waals surface area contributed by atoms with E-state index in [1.54, 1.807) is 6.08 Å². The van der Waals surface area contributed by atoms with Crippen molar-refractivity contribution in [3.05, 3.63) is 12.2 Å². The van der Waals surface area contributed by atoms with Gasteiger partial charge in [0.2, 0.25) is 5.91 Å². The lowest BCUT2D eigenvalue weighted by atomic mass is 10.0. The van der Waals surface area contributed by atoms with E-state index < -0.39 is 20.0 Å². The van der Waals surface area contributed by atoms with E-state index in [0.29, 0.717) is 11.0 Å². The highest BCUT2D eigenvalue weighted by molar-refractivity contribution is 7.47. The van der Waals surface area contributed by atoms with E-state index in [2.05, 4.69) is 12.2 Å². The Kier molecular flexibility index (Phi) is 19.9. The van der Waals surface area contributed by atoms with Crippen molar-refractivity contribution in [2.75, 3.05) is 40.9 Å². The lowest BCUT2D eigenvalue weighted by Gasteiger charge is -2.25. The van der Waals surface area contributed by atoms with Gasteiger partial charge in [0.05, 0.1) is 39.9 Å². The minimum Gasteiger partial charge on any atom is -0.387 e. The van der Waals surface area contributed by atoms with Gasteiger partial charge in [-0.2, -0.15) is 0 Å². The van der Waals surface area contributed by atoms with E-state index in [-0.39, 0.29) is 19.1 Å². The number of carbonyl (C=O) groups is 1. The lowest BCUT2D eigenvalue weighted by molar-refractivity contribution is -0.870. The van der Waals surface area contributed by atoms with Crippen molar-refractivity contribution < 1.29 is 32.9 Å². The van der Waals surface area contributed by atoms with Crippen molar-refractivity contribution in [3.63, 3.8) is 0 Å². The van der Waals surface area contributed by atoms with Crippen LogP contribution in [0.1, 0.15) is 97.3 Å². The molecule has 0 aliphatic heterocycles. The lowest BCUT2D eigenvalue weighted by Crippen LogP contribution is -2.44. The van der Waals surface area contributed by atoms with Gasteiger partial charge in [-0.25, -0.2) is 4.57 Å². The average Bonchev–Trinajstić information content (AvgIpc) is 2.75. The molecule has 0 bridgehead atoms. The molecule has 1 amide bonds. The monoisotopic (exact) mass is 521 g/mol. The molecule has 0 spiro atoms. The number of hydrogen-bond acceptors (Lipinski definition) is 5. The Bertz CT molecular complexity index is 609. The number of amides is 1. The number of allylic oxidation sites excluding steroid dienone is 1. The second kappa shape index (κ2) is 20.3. The summed E-state index contributed by atoms with van der Waals surface area (Å²) in [6, 6.07) is -0.840. The number of unbranched alkanes of at least 4 members (excludes halogenated alkanes) is 12. The SMILES string of the molecule is CCCCCCCCCCCCCC/C=C/C(O)C(COP(=O)(O)OCC[N+](C)(C)C)NC(C)=O. The number of nitrogens with one attached hydrogen (secondary N) is 1. The van der Waals surface area contributed by atoms with Crippen molar-refractivity contribution in [1.29, 1.82) is 0 Å². The molecule has 0 aromatic carbocycles. The normalized spacial score (nSPS) is 15.7. The van der Waals surface area contributed by atoms with E-state index >= 15 is 0 Å². The largest absolute Gasteiger partial charge is 0.472 e. The van der Waals surface area contributed by atoms with E-state index in [4.69, 9.17) is 9.05 Å². The fraction of sp³-hybridized carbons (Fsp3) is 0.885. The predicted molar refractivity (Wildman–Crippen MR) is 143 cm³/mol. The topological polar surface area (TPSA) is 105 Å². The van der Waals surface area contributed by atoms with Crippen molar-refractivity contribution in [3.8, 4) is 0 Å². The molecule has 0 fully saturated rings. The summed E-state index contributed by atoms with van der Waals surface area (Å²) in [7, 11) is 1.56. The average molecular weight is 522 g/mol. The summed E-state index contributed by atoms with van der Waals surface area (Å²) >= 11 is 0. The zero-order valence-corrected chi connectivity index (χ0v) is 23.9. The molecular formula is C26H54N2O6P+. The molecule has 0 radical (unpaired) electrons. The van der Waals surface area contributed by atoms with E-state index in [1.807, 2.05) is 27.2 Å². The van der Waals surface area contributed by atoms with Crippen LogP contribution in [-0.4, -0.2) is 73.4 Å². The van der Waals surface area contributed by atoms with Gasteiger partial charge >= 0.3 is 7.82 Å². The molecule has 0 aromatic rings. The number of aliphatic hydroxyl groups is 1. The second-order valence-electron chi connectivity index (χ2n) is 10.5. The molecular weight excluding hydrogens is 467 g/mol. The van der Waals surface area contributed by atoms with Crippen LogP contribution in [0.4, 0.5) is 0 Å². The molecule has 3 unspecified atom stereocenters. The summed E-state index contributed by atoms with van der Waals surface area (Å²) in [5, 5.41) is 13.0. The Morgan fingerprint density at radius 1 is 0.943 bits per heavy atom. The zero-order chi connectivity index (χ0) is 26.6. The van der Waals surface area contributed by atoms with Gasteiger partial charge in [-0.3, -0.25) is 13.8 Å². The molecule has 0 rings (SSSR count). The predicted octanol–water partition coefficient (Wildman–Crippen LogP) is 5.34. The molecule has 0 aliphatic rings. The van der Waals surface area contributed by atoms with Gasteiger partial charge in [-0.05, 0) is 12.8 Å². The first-order chi connectivity index (χ1) is 16.5. The Morgan fingerprint density at radius 3 is 1.94 bits per heavy atom. The molecule has 3 atom stereocenters. The van der Waals surface area contributed by atoms with Gasteiger partial charge in [-0.15, -0.1) is 0 Å². The third kappa shape index (κ3) is 23.4. The molecule has 0 aromatic heterocycles. The molecule has 0 aliphatic carbocycles. The molecule has 208 valence electrons. The number of rotatable bonds is 23. The molecule has 8 nitrogen and oxygen atoms in total. The van der Waals surface area contributed by atoms with Crippen LogP contribution in [0.25, 0.3) is 0 Å². The van der Waals surface area contributed by atoms with Crippen molar-refractivity contribution in [2.45, 2.75) is 109 Å². The van der Waals surface area contributed by atoms with E-state index in [0.717, 1.165) is 19.3 Å². The Labute approximate surface area is 214 Å². The summed E-state index contributed by atoms with van der Waals surface area (Å²) in [5.74, 6) is -0.356. The molecule has 0 heterocycles. The molecule has 0 saturated carbocycles. The van der Waals surface area contributed by atoms with Gasteiger partial charge in [-0.1, -0.05) is 89.7 Å². The number of phosphoric ester groups is 1. The van der Waals surface area contributed by atoms with Gasteiger partial charge in [0.25, 0.3) is 0 Å². The van der Waals surface area contributed by atoms with Crippen LogP contribution >= 0.6 is 7.82 Å². The van der Waals surface area contributed by atoms with Gasteiger partial charge in [0, 0.05) is 6.92 Å². The Balaban J connectivity index is 4.11. The number of aliphatic hydroxyl groups excluding tert-OH is 1. The maximum Gasteiger partial charge on any atom is 0.472 e. The molecule has 3 N–H and O–H groups in total. The van der Waals surface area contributed by atoms with E-state index in [9.17, 15) is 19.4 Å². The van der Waals surface area contributed by atoms with Crippen molar-refractivity contribution in [1.82, 2.24) is 5.32 Å². The first kappa shape index (κ1) is 34.2. The fourth-order valence-corrected chi connectivity index (χ4v) is 4.34. The van der Waals surface area contributed by atoms with Crippen molar-refractivity contribution >= 4 is 13.7 Å². The first-order valence-corrected chi connectivity index (χ1v) is 15.0. The molecule has 35 heavy (non-hydrogen) atoms. The summed E-state index contributed by atoms with van der Waals surface area (Å²) in [5.41, 5.74) is 0. The number of carbonyl (C=O) groups excluding carboxylic acids is 1. The first-order valence-electron chi connectivity index (χ1n) is 13.5. The minimum atomic E-state index is -4.27. The van der Waals surface area contributed by atoms with Crippen LogP contribution in [0.15, 0.2) is 12.2 Å². The molecule has 9 heteroatoms. The quantitative estimate of drug-likeness (QED) is 0.0726. The summed E-state index contributed by atoms with van der Waals surface area (Å²) < 4.78 is 22.7. The standard InChI is InChI=1S/C26H53N2O6P/c1-6-7-8-9-10-11-12-13-14-15-16-17-18-19-20-26(30)25(27-24(2)29)23-34-35(31,32)33-22-21-28(3,4)5/h19-20,25-26,30H,6-18,21-23H2,1-5H3,(H-,27,29,31,32)/p+1/b20-19+. The number of likely N-dealkylation sites (N-methyl/N-ethyl adjacent to an activating group) is 1. The van der Waals surface area contributed by atoms with Gasteiger partial charge < -0.3 is 19.8 Å². The Morgan fingerprint density at radius 2 is 1.46 bits per heavy atom. The minimum absolute atomic E-state index is 0.0591. The van der Waals surface area contributed by atoms with Crippen LogP contribution in [0.2, 0.25) is 0 Å². The smallest absolute Gasteiger partial charge is 0.387 e. The van der Waals surface area contributed by atoms with Crippen LogP contribution in [0.3, 0.4) is 0 Å². The zero-order valence-electron chi connectivity index (χ0n) is 23.0. The van der Waals surface area contributed by atoms with Crippen LogP contribution in [0.5, 0.6) is 0 Å². The second-order valence-corrected chi connectivity index (χ2v) is 12.0. The number of hydrogen-bond donors (Lipinski definition) is 3. The highest BCUT2D eigenvalue weighted by Gasteiger charge is 2.27. The van der Waals surface area contributed by atoms with E-state index in [1.165, 1.54) is 71.1 Å². The summed E-state index contributed by atoms with van der Waals surface area (Å²) in [6.07, 6.45) is 18.9. The van der Waals surface area contributed by atoms with Crippen LogP contribution in [-0.2, 0) is 18.4 Å². The number of phosphoric acid groups is 1. The maximum atomic E-state index is 12.1. The number of quaternary nitrogens is 1. The van der Waals surface area contributed by atoms with Crippen LogP contribution < -0.4 is 5.32 Å². The highest BCUT2D eigenvalue weighted by atomic mass is 31.2. The fourth-order valence-electron chi connectivity index (χ4n) is 3.60. The summed E-state index contributed by atoms with van der Waals surface area (Å²) in [6.45, 7) is 3.84. The summed E-state index contributed by atoms with van der Waals surface area (Å²) in [4.78, 5) is 21.4. The van der Waals surface area contributed by atoms with Gasteiger partial charge in [0.15, 0.2) is 0 Å². The number of nitrogens with zero attached hydrogens (tertiary/aromatic N) is 1. The Hall–Kier alpha value is -0.760. The third-order valence-corrected chi connectivity index (χ3v) is 6.78. The highest BCUT2D eigenvalue weighted by Crippen LogP contribution is 2.43. The maximum absolute atomic E-state index is 12.1. The van der Waals surface area contributed by atoms with Crippen LogP contribution in [0, 0.1) is 0 Å². The van der Waals surface area contributed by atoms with Gasteiger partial charge in [0.1, 0.15) is 13.2 Å². The van der Waals surface area contributed by atoms with Crippen molar-refractivity contribution in [2.24, 2.45) is 0 Å². The third-order valence-electron chi connectivity index (χ3n) is 5.79. The molecule has 0 saturated heterocycles.